The minimum atomic E-state index is -1.03. The molecule has 7 nitrogen and oxygen atoms in total. The largest absolute Gasteiger partial charge is 0.479 e. The van der Waals surface area contributed by atoms with E-state index in [0.29, 0.717) is 18.5 Å². The number of carboxylic acid groups (broad SMARTS) is 1. The highest BCUT2D eigenvalue weighted by Gasteiger charge is 2.34. The van der Waals surface area contributed by atoms with Crippen molar-refractivity contribution < 1.29 is 19.4 Å². The molecule has 0 radical (unpaired) electrons. The number of hydrogen-bond donors (Lipinski definition) is 3. The lowest BCUT2D eigenvalue weighted by Crippen LogP contribution is -2.30. The number of carboxylic acids is 1. The number of nitrogens with zero attached hydrogens (tertiary/aromatic N) is 1. The molecular formula is C13H13N3O4. The summed E-state index contributed by atoms with van der Waals surface area (Å²) in [6, 6.07) is 5.44. The molecule has 1 aliphatic heterocycles. The van der Waals surface area contributed by atoms with Gasteiger partial charge in [-0.25, -0.2) is 4.79 Å². The van der Waals surface area contributed by atoms with E-state index in [0.717, 1.165) is 10.9 Å². The molecule has 1 amide bonds. The fraction of sp³-hybridized carbons (Fsp3) is 0.308. The number of aromatic nitrogens is 2. The molecule has 0 unspecified atom stereocenters. The smallest absolute Gasteiger partial charge is 0.332 e. The van der Waals surface area contributed by atoms with Crippen molar-refractivity contribution in [1.29, 1.82) is 0 Å². The lowest BCUT2D eigenvalue weighted by Gasteiger charge is -2.12. The van der Waals surface area contributed by atoms with Gasteiger partial charge in [0.25, 0.3) is 5.91 Å². The van der Waals surface area contributed by atoms with Crippen LogP contribution in [-0.2, 0) is 14.3 Å². The Bertz CT molecular complexity index is 666. The summed E-state index contributed by atoms with van der Waals surface area (Å²) in [6.45, 7) is 0. The van der Waals surface area contributed by atoms with E-state index < -0.39 is 18.2 Å². The molecule has 7 heteroatoms. The van der Waals surface area contributed by atoms with Crippen LogP contribution < -0.4 is 5.32 Å². The van der Waals surface area contributed by atoms with Crippen LogP contribution in [0.3, 0.4) is 0 Å². The summed E-state index contributed by atoms with van der Waals surface area (Å²) in [4.78, 5) is 22.9. The summed E-state index contributed by atoms with van der Waals surface area (Å²) < 4.78 is 5.21. The van der Waals surface area contributed by atoms with Gasteiger partial charge in [0.05, 0.1) is 17.4 Å². The Balaban J connectivity index is 1.73. The Morgan fingerprint density at radius 1 is 1.35 bits per heavy atom. The number of carbonyl (C=O) groups excluding carboxylic acids is 1. The number of nitrogens with one attached hydrogen (secondary N) is 2. The number of benzene rings is 1. The summed E-state index contributed by atoms with van der Waals surface area (Å²) in [7, 11) is 0. The first-order valence-corrected chi connectivity index (χ1v) is 6.26. The van der Waals surface area contributed by atoms with E-state index in [1.54, 1.807) is 12.3 Å². The first-order chi connectivity index (χ1) is 9.65. The lowest BCUT2D eigenvalue weighted by atomic mass is 10.2. The van der Waals surface area contributed by atoms with Gasteiger partial charge in [-0.1, -0.05) is 12.1 Å². The molecule has 1 aliphatic rings. The van der Waals surface area contributed by atoms with Gasteiger partial charge < -0.3 is 15.2 Å². The van der Waals surface area contributed by atoms with Crippen molar-refractivity contribution in [2.45, 2.75) is 25.0 Å². The second-order valence-electron chi connectivity index (χ2n) is 4.66. The number of fused-ring (bicyclic) bond motifs is 1. The number of carbonyl (C=O) groups is 2. The zero-order chi connectivity index (χ0) is 14.1. The Morgan fingerprint density at radius 2 is 2.15 bits per heavy atom. The van der Waals surface area contributed by atoms with Crippen LogP contribution in [0.2, 0.25) is 0 Å². The van der Waals surface area contributed by atoms with E-state index in [4.69, 9.17) is 9.84 Å². The number of ether oxygens (including phenoxy) is 1. The van der Waals surface area contributed by atoms with Crippen LogP contribution >= 0.6 is 0 Å². The summed E-state index contributed by atoms with van der Waals surface area (Å²) in [5, 5.41) is 19.2. The fourth-order valence-corrected chi connectivity index (χ4v) is 2.30. The molecular weight excluding hydrogens is 262 g/mol. The third kappa shape index (κ3) is 2.23. The Kier molecular flexibility index (Phi) is 3.11. The van der Waals surface area contributed by atoms with Gasteiger partial charge in [-0.3, -0.25) is 9.89 Å². The summed E-state index contributed by atoms with van der Waals surface area (Å²) >= 11 is 0. The number of aliphatic carboxylic acids is 1. The zero-order valence-corrected chi connectivity index (χ0v) is 10.5. The van der Waals surface area contributed by atoms with Crippen LogP contribution in [-0.4, -0.2) is 39.4 Å². The van der Waals surface area contributed by atoms with Gasteiger partial charge in [0.15, 0.2) is 6.10 Å². The van der Waals surface area contributed by atoms with Crippen LogP contribution in [0.15, 0.2) is 24.4 Å². The average molecular weight is 275 g/mol. The molecule has 1 saturated heterocycles. The predicted molar refractivity (Wildman–Crippen MR) is 70.3 cm³/mol. The normalized spacial score (nSPS) is 22.0. The SMILES string of the molecule is O=C(Nc1cccc2cn[nH]c12)[C@@H]1CC[C@H](C(=O)O)O1. The monoisotopic (exact) mass is 275 g/mol. The molecule has 1 aromatic carbocycles. The molecule has 1 fully saturated rings. The maximum absolute atomic E-state index is 12.1. The number of hydrogen-bond acceptors (Lipinski definition) is 4. The molecule has 0 spiro atoms. The third-order valence-electron chi connectivity index (χ3n) is 3.32. The molecule has 104 valence electrons. The number of amides is 1. The highest BCUT2D eigenvalue weighted by Crippen LogP contribution is 2.24. The highest BCUT2D eigenvalue weighted by molar-refractivity contribution is 6.02. The van der Waals surface area contributed by atoms with Gasteiger partial charge in [-0.2, -0.15) is 5.10 Å². The third-order valence-corrected chi connectivity index (χ3v) is 3.32. The van der Waals surface area contributed by atoms with Crippen LogP contribution in [0, 0.1) is 0 Å². The molecule has 0 bridgehead atoms. The number of anilines is 1. The predicted octanol–water partition coefficient (Wildman–Crippen LogP) is 1.13. The van der Waals surface area contributed by atoms with Crippen LogP contribution in [0.25, 0.3) is 10.9 Å². The van der Waals surface area contributed by atoms with E-state index in [-0.39, 0.29) is 5.91 Å². The molecule has 2 heterocycles. The van der Waals surface area contributed by atoms with Crippen molar-refractivity contribution in [3.63, 3.8) is 0 Å². The quantitative estimate of drug-likeness (QED) is 0.779. The summed E-state index contributed by atoms with van der Waals surface area (Å²) in [5.74, 6) is -1.37. The number of rotatable bonds is 3. The topological polar surface area (TPSA) is 104 Å². The molecule has 0 saturated carbocycles. The standard InChI is InChI=1S/C13H13N3O4/c17-12(9-4-5-10(20-9)13(18)19)15-8-3-1-2-7-6-14-16-11(7)8/h1-3,6,9-10H,4-5H2,(H,14,16)(H,15,17)(H,18,19)/t9-,10+/m0/s1. The Labute approximate surface area is 113 Å². The second-order valence-corrected chi connectivity index (χ2v) is 4.66. The van der Waals surface area contributed by atoms with Gasteiger partial charge in [0.1, 0.15) is 6.10 Å². The van der Waals surface area contributed by atoms with Crippen LogP contribution in [0.4, 0.5) is 5.69 Å². The molecule has 3 N–H and O–H groups in total. The average Bonchev–Trinajstić information content (AvgIpc) is 3.08. The van der Waals surface area contributed by atoms with Crippen molar-refractivity contribution in [2.24, 2.45) is 0 Å². The Hall–Kier alpha value is -2.41. The van der Waals surface area contributed by atoms with E-state index in [1.807, 2.05) is 12.1 Å². The van der Waals surface area contributed by atoms with Crippen LogP contribution in [0.1, 0.15) is 12.8 Å². The Morgan fingerprint density at radius 3 is 2.90 bits per heavy atom. The van der Waals surface area contributed by atoms with Gasteiger partial charge in [-0.05, 0) is 18.9 Å². The number of para-hydroxylation sites is 1. The zero-order valence-electron chi connectivity index (χ0n) is 10.5. The fourth-order valence-electron chi connectivity index (χ4n) is 2.30. The van der Waals surface area contributed by atoms with Crippen molar-refractivity contribution in [2.75, 3.05) is 5.32 Å². The van der Waals surface area contributed by atoms with Gasteiger partial charge in [0.2, 0.25) is 0 Å². The maximum atomic E-state index is 12.1. The van der Waals surface area contributed by atoms with E-state index in [9.17, 15) is 9.59 Å². The highest BCUT2D eigenvalue weighted by atomic mass is 16.5. The van der Waals surface area contributed by atoms with Crippen molar-refractivity contribution >= 4 is 28.5 Å². The molecule has 20 heavy (non-hydrogen) atoms. The number of H-pyrrole nitrogens is 1. The lowest BCUT2D eigenvalue weighted by molar-refractivity contribution is -0.150. The molecule has 2 atom stereocenters. The van der Waals surface area contributed by atoms with Crippen LogP contribution in [0.5, 0.6) is 0 Å². The van der Waals surface area contributed by atoms with Crippen molar-refractivity contribution in [3.8, 4) is 0 Å². The number of aromatic amines is 1. The van der Waals surface area contributed by atoms with E-state index in [1.165, 1.54) is 0 Å². The maximum Gasteiger partial charge on any atom is 0.332 e. The first-order valence-electron chi connectivity index (χ1n) is 6.26. The first kappa shape index (κ1) is 12.6. The van der Waals surface area contributed by atoms with Crippen molar-refractivity contribution in [3.05, 3.63) is 24.4 Å². The van der Waals surface area contributed by atoms with E-state index >= 15 is 0 Å². The molecule has 2 aromatic rings. The van der Waals surface area contributed by atoms with Gasteiger partial charge in [0, 0.05) is 5.39 Å². The second kappa shape index (κ2) is 4.93. The van der Waals surface area contributed by atoms with E-state index in [2.05, 4.69) is 15.5 Å². The van der Waals surface area contributed by atoms with Gasteiger partial charge >= 0.3 is 5.97 Å². The summed E-state index contributed by atoms with van der Waals surface area (Å²) in [6.07, 6.45) is 0.795. The summed E-state index contributed by atoms with van der Waals surface area (Å²) in [5.41, 5.74) is 1.33. The molecule has 1 aromatic heterocycles. The minimum Gasteiger partial charge on any atom is -0.479 e. The molecule has 3 rings (SSSR count). The van der Waals surface area contributed by atoms with Gasteiger partial charge in [-0.15, -0.1) is 0 Å². The molecule has 0 aliphatic carbocycles. The van der Waals surface area contributed by atoms with Crippen molar-refractivity contribution in [1.82, 2.24) is 10.2 Å². The minimum absolute atomic E-state index is 0.337.